The van der Waals surface area contributed by atoms with Crippen molar-refractivity contribution in [1.29, 1.82) is 0 Å². The van der Waals surface area contributed by atoms with E-state index in [1.54, 1.807) is 11.1 Å². The molecule has 4 rings (SSSR count). The second kappa shape index (κ2) is 6.19. The summed E-state index contributed by atoms with van der Waals surface area (Å²) >= 11 is 0. The molecule has 7 nitrogen and oxygen atoms in total. The Morgan fingerprint density at radius 3 is 3.04 bits per heavy atom. The third-order valence-corrected chi connectivity index (χ3v) is 4.04. The van der Waals surface area contributed by atoms with Crippen LogP contribution in [0.5, 0.6) is 5.88 Å². The number of fused-ring (bicyclic) bond motifs is 1. The topological polar surface area (TPSA) is 73.4 Å². The normalized spacial score (nSPS) is 16.7. The molecule has 1 aliphatic heterocycles. The van der Waals surface area contributed by atoms with E-state index in [2.05, 4.69) is 14.5 Å². The maximum atomic E-state index is 12.6. The lowest BCUT2D eigenvalue weighted by atomic mass is 10.2. The first-order valence-corrected chi connectivity index (χ1v) is 7.68. The molecule has 0 spiro atoms. The van der Waals surface area contributed by atoms with Gasteiger partial charge in [0.25, 0.3) is 5.91 Å². The van der Waals surface area contributed by atoms with E-state index in [9.17, 15) is 4.79 Å². The smallest absolute Gasteiger partial charge is 0.276 e. The maximum Gasteiger partial charge on any atom is 0.276 e. The van der Waals surface area contributed by atoms with E-state index < -0.39 is 0 Å². The van der Waals surface area contributed by atoms with Crippen molar-refractivity contribution in [2.24, 2.45) is 0 Å². The predicted molar refractivity (Wildman–Crippen MR) is 84.4 cm³/mol. The standard InChI is InChI=1S/C17H16N4O3/c22-17(15-11-23-12-19-15)20-8-13-4-3-7-21(13)14(9-20)10-24-16-5-1-2-6-18-16/h1-7,11-12,14H,8-10H2/t14-/m1/s1. The zero-order chi connectivity index (χ0) is 16.4. The molecular formula is C17H16N4O3. The van der Waals surface area contributed by atoms with E-state index in [1.165, 1.54) is 12.7 Å². The van der Waals surface area contributed by atoms with E-state index in [4.69, 9.17) is 9.15 Å². The molecule has 0 unspecified atom stereocenters. The fourth-order valence-corrected chi connectivity index (χ4v) is 2.90. The van der Waals surface area contributed by atoms with E-state index in [0.717, 1.165) is 5.69 Å². The Kier molecular flexibility index (Phi) is 3.74. The zero-order valence-electron chi connectivity index (χ0n) is 12.9. The predicted octanol–water partition coefficient (Wildman–Crippen LogP) is 2.15. The van der Waals surface area contributed by atoms with Crippen molar-refractivity contribution in [3.8, 4) is 5.88 Å². The highest BCUT2D eigenvalue weighted by Gasteiger charge is 2.29. The molecule has 3 aromatic heterocycles. The molecule has 0 saturated heterocycles. The van der Waals surface area contributed by atoms with Gasteiger partial charge in [0.05, 0.1) is 12.6 Å². The third-order valence-electron chi connectivity index (χ3n) is 4.04. The molecule has 7 heteroatoms. The minimum absolute atomic E-state index is 0.0154. The number of ether oxygens (including phenoxy) is 1. The van der Waals surface area contributed by atoms with Crippen molar-refractivity contribution in [2.45, 2.75) is 12.6 Å². The number of aromatic nitrogens is 3. The Morgan fingerprint density at radius 2 is 2.25 bits per heavy atom. The van der Waals surface area contributed by atoms with Crippen molar-refractivity contribution in [3.05, 3.63) is 66.8 Å². The van der Waals surface area contributed by atoms with Crippen LogP contribution in [-0.4, -0.2) is 38.5 Å². The molecular weight excluding hydrogens is 308 g/mol. The van der Waals surface area contributed by atoms with Crippen LogP contribution in [0.3, 0.4) is 0 Å². The summed E-state index contributed by atoms with van der Waals surface area (Å²) in [5.74, 6) is 0.435. The molecule has 24 heavy (non-hydrogen) atoms. The Labute approximate surface area is 138 Å². The van der Waals surface area contributed by atoms with Crippen LogP contribution in [0, 0.1) is 0 Å². The Balaban J connectivity index is 1.52. The van der Waals surface area contributed by atoms with Crippen LogP contribution >= 0.6 is 0 Å². The molecule has 4 heterocycles. The number of nitrogens with zero attached hydrogens (tertiary/aromatic N) is 4. The average molecular weight is 324 g/mol. The summed E-state index contributed by atoms with van der Waals surface area (Å²) in [4.78, 5) is 22.4. The highest BCUT2D eigenvalue weighted by molar-refractivity contribution is 5.91. The van der Waals surface area contributed by atoms with E-state index >= 15 is 0 Å². The van der Waals surface area contributed by atoms with Gasteiger partial charge >= 0.3 is 0 Å². The summed E-state index contributed by atoms with van der Waals surface area (Å²) in [6.07, 6.45) is 6.34. The number of hydrogen-bond acceptors (Lipinski definition) is 5. The summed E-state index contributed by atoms with van der Waals surface area (Å²) in [7, 11) is 0. The van der Waals surface area contributed by atoms with Gasteiger partial charge in [-0.25, -0.2) is 9.97 Å². The van der Waals surface area contributed by atoms with Crippen LogP contribution < -0.4 is 4.74 Å². The van der Waals surface area contributed by atoms with Gasteiger partial charge < -0.3 is 18.6 Å². The lowest BCUT2D eigenvalue weighted by Gasteiger charge is -2.34. The molecule has 3 aromatic rings. The van der Waals surface area contributed by atoms with Gasteiger partial charge in [0, 0.05) is 30.7 Å². The maximum absolute atomic E-state index is 12.6. The highest BCUT2D eigenvalue weighted by atomic mass is 16.5. The first-order valence-electron chi connectivity index (χ1n) is 7.68. The minimum atomic E-state index is -0.140. The molecule has 0 bridgehead atoms. The molecule has 1 atom stereocenters. The quantitative estimate of drug-likeness (QED) is 0.735. The average Bonchev–Trinajstić information content (AvgIpc) is 3.31. The monoisotopic (exact) mass is 324 g/mol. The number of pyridine rings is 1. The molecule has 122 valence electrons. The summed E-state index contributed by atoms with van der Waals surface area (Å²) < 4.78 is 12.9. The zero-order valence-corrected chi connectivity index (χ0v) is 12.9. The van der Waals surface area contributed by atoms with Crippen LogP contribution in [0.1, 0.15) is 22.2 Å². The second-order valence-corrected chi connectivity index (χ2v) is 5.60. The lowest BCUT2D eigenvalue weighted by molar-refractivity contribution is 0.0640. The highest BCUT2D eigenvalue weighted by Crippen LogP contribution is 2.24. The second-order valence-electron chi connectivity index (χ2n) is 5.60. The Hall–Kier alpha value is -3.09. The number of oxazole rings is 1. The van der Waals surface area contributed by atoms with Gasteiger partial charge in [-0.15, -0.1) is 0 Å². The molecule has 0 N–H and O–H groups in total. The first kappa shape index (κ1) is 14.5. The number of amides is 1. The van der Waals surface area contributed by atoms with E-state index in [1.807, 2.05) is 36.5 Å². The fraction of sp³-hybridized carbons (Fsp3) is 0.235. The summed E-state index contributed by atoms with van der Waals surface area (Å²) in [5, 5.41) is 0. The van der Waals surface area contributed by atoms with Gasteiger partial charge in [-0.3, -0.25) is 4.79 Å². The summed E-state index contributed by atoms with van der Waals surface area (Å²) in [6, 6.07) is 9.54. The van der Waals surface area contributed by atoms with Gasteiger partial charge in [0.15, 0.2) is 12.1 Å². The van der Waals surface area contributed by atoms with Crippen molar-refractivity contribution in [1.82, 2.24) is 19.4 Å². The van der Waals surface area contributed by atoms with Crippen LogP contribution in [0.25, 0.3) is 0 Å². The van der Waals surface area contributed by atoms with Gasteiger partial charge in [-0.05, 0) is 18.2 Å². The van der Waals surface area contributed by atoms with Crippen molar-refractivity contribution < 1.29 is 13.9 Å². The fourth-order valence-electron chi connectivity index (χ4n) is 2.90. The lowest BCUT2D eigenvalue weighted by Crippen LogP contribution is -2.42. The SMILES string of the molecule is O=C(c1cocn1)N1Cc2cccn2[C@@H](COc2ccccn2)C1. The van der Waals surface area contributed by atoms with Crippen molar-refractivity contribution >= 4 is 5.91 Å². The summed E-state index contributed by atoms with van der Waals surface area (Å²) in [6.45, 7) is 1.51. The van der Waals surface area contributed by atoms with Crippen LogP contribution in [0.2, 0.25) is 0 Å². The van der Waals surface area contributed by atoms with E-state index in [-0.39, 0.29) is 11.9 Å². The van der Waals surface area contributed by atoms with Crippen LogP contribution in [0.15, 0.2) is 59.8 Å². The van der Waals surface area contributed by atoms with Crippen LogP contribution in [0.4, 0.5) is 0 Å². The Morgan fingerprint density at radius 1 is 1.29 bits per heavy atom. The number of carbonyl (C=O) groups excluding carboxylic acids is 1. The number of hydrogen-bond donors (Lipinski definition) is 0. The van der Waals surface area contributed by atoms with Gasteiger partial charge in [-0.1, -0.05) is 6.07 Å². The Bertz CT molecular complexity index is 814. The first-order chi connectivity index (χ1) is 11.8. The molecule has 0 aromatic carbocycles. The third kappa shape index (κ3) is 2.76. The van der Waals surface area contributed by atoms with Crippen LogP contribution in [-0.2, 0) is 6.54 Å². The van der Waals surface area contributed by atoms with Gasteiger partial charge in [0.1, 0.15) is 12.9 Å². The van der Waals surface area contributed by atoms with Crippen molar-refractivity contribution in [3.63, 3.8) is 0 Å². The minimum Gasteiger partial charge on any atom is -0.475 e. The molecule has 0 radical (unpaired) electrons. The van der Waals surface area contributed by atoms with Gasteiger partial charge in [0.2, 0.25) is 5.88 Å². The molecule has 0 aliphatic carbocycles. The van der Waals surface area contributed by atoms with Crippen molar-refractivity contribution in [2.75, 3.05) is 13.2 Å². The molecule has 0 fully saturated rings. The molecule has 1 amide bonds. The summed E-state index contributed by atoms with van der Waals surface area (Å²) in [5.41, 5.74) is 1.38. The van der Waals surface area contributed by atoms with Gasteiger partial charge in [-0.2, -0.15) is 0 Å². The number of rotatable bonds is 4. The van der Waals surface area contributed by atoms with E-state index in [0.29, 0.717) is 31.3 Å². The number of carbonyl (C=O) groups is 1. The largest absolute Gasteiger partial charge is 0.475 e. The molecule has 1 aliphatic rings. The molecule has 0 saturated carbocycles.